The molecule has 0 fully saturated rings. The van der Waals surface area contributed by atoms with Gasteiger partial charge in [-0.3, -0.25) is 18.6 Å². The van der Waals surface area contributed by atoms with Gasteiger partial charge in [-0.1, -0.05) is 0 Å². The number of hydrogen-bond donors (Lipinski definition) is 1. The summed E-state index contributed by atoms with van der Waals surface area (Å²) >= 11 is 0. The third kappa shape index (κ3) is 4.54. The zero-order valence-electron chi connectivity index (χ0n) is 8.97. The molecule has 6 nitrogen and oxygen atoms in total. The zero-order valence-corrected chi connectivity index (χ0v) is 9.79. The van der Waals surface area contributed by atoms with Gasteiger partial charge in [-0.15, -0.1) is 0 Å². The molecule has 0 aliphatic rings. The molecule has 1 aromatic heterocycles. The molecular formula is C9H14N2O4S. The molecule has 0 aliphatic carbocycles. The average Bonchev–Trinajstić information content (AvgIpc) is 2.20. The normalized spacial score (nSPS) is 12.6. The van der Waals surface area contributed by atoms with E-state index in [1.54, 1.807) is 6.26 Å². The monoisotopic (exact) mass is 246 g/mol. The van der Waals surface area contributed by atoms with Crippen LogP contribution in [0, 0.1) is 0 Å². The standard InChI is InChI=1S/C9H14N2O4S/c1-16(14)6-2-5-15-7-11-4-3-8(12)10-9(11)13/h3-4H,2,5-7H2,1H3,(H,10,12,13). The summed E-state index contributed by atoms with van der Waals surface area (Å²) < 4.78 is 17.2. The minimum atomic E-state index is -0.817. The lowest BCUT2D eigenvalue weighted by Crippen LogP contribution is -2.29. The van der Waals surface area contributed by atoms with E-state index in [0.29, 0.717) is 18.8 Å². The second-order valence-electron chi connectivity index (χ2n) is 3.25. The van der Waals surface area contributed by atoms with Crippen molar-refractivity contribution in [1.82, 2.24) is 9.55 Å². The van der Waals surface area contributed by atoms with Crippen molar-refractivity contribution in [3.8, 4) is 0 Å². The number of aromatic nitrogens is 2. The summed E-state index contributed by atoms with van der Waals surface area (Å²) in [6, 6.07) is 1.26. The summed E-state index contributed by atoms with van der Waals surface area (Å²) in [6.07, 6.45) is 3.69. The Bertz CT molecular complexity index is 465. The molecule has 0 saturated carbocycles. The summed E-state index contributed by atoms with van der Waals surface area (Å²) in [5, 5.41) is 0. The van der Waals surface area contributed by atoms with E-state index in [9.17, 15) is 13.8 Å². The Morgan fingerprint density at radius 2 is 2.25 bits per heavy atom. The molecule has 1 aromatic rings. The largest absolute Gasteiger partial charge is 0.361 e. The lowest BCUT2D eigenvalue weighted by atomic mass is 10.5. The van der Waals surface area contributed by atoms with Gasteiger partial charge in [-0.2, -0.15) is 0 Å². The number of hydrogen-bond acceptors (Lipinski definition) is 4. The van der Waals surface area contributed by atoms with Gasteiger partial charge in [0, 0.05) is 41.7 Å². The fourth-order valence-corrected chi connectivity index (χ4v) is 1.60. The van der Waals surface area contributed by atoms with Gasteiger partial charge in [0.2, 0.25) is 0 Å². The van der Waals surface area contributed by atoms with E-state index < -0.39 is 22.0 Å². The molecule has 1 N–H and O–H groups in total. The van der Waals surface area contributed by atoms with Gasteiger partial charge in [-0.05, 0) is 6.42 Å². The fourth-order valence-electron chi connectivity index (χ4n) is 1.07. The smallest absolute Gasteiger partial charge is 0.330 e. The molecule has 1 atom stereocenters. The highest BCUT2D eigenvalue weighted by Gasteiger charge is 1.96. The van der Waals surface area contributed by atoms with E-state index >= 15 is 0 Å². The maximum Gasteiger partial charge on any atom is 0.330 e. The fraction of sp³-hybridized carbons (Fsp3) is 0.556. The van der Waals surface area contributed by atoms with Crippen LogP contribution in [0.1, 0.15) is 6.42 Å². The Morgan fingerprint density at radius 3 is 2.88 bits per heavy atom. The molecular weight excluding hydrogens is 232 g/mol. The molecule has 7 heteroatoms. The zero-order chi connectivity index (χ0) is 12.0. The molecule has 0 aliphatic heterocycles. The first-order chi connectivity index (χ1) is 7.59. The van der Waals surface area contributed by atoms with E-state index in [1.807, 2.05) is 0 Å². The van der Waals surface area contributed by atoms with Crippen molar-refractivity contribution in [3.63, 3.8) is 0 Å². The van der Waals surface area contributed by atoms with E-state index in [4.69, 9.17) is 4.74 Å². The summed E-state index contributed by atoms with van der Waals surface area (Å²) in [4.78, 5) is 24.1. The first-order valence-corrected chi connectivity index (χ1v) is 6.50. The lowest BCUT2D eigenvalue weighted by Gasteiger charge is -2.05. The predicted molar refractivity (Wildman–Crippen MR) is 60.8 cm³/mol. The Labute approximate surface area is 94.7 Å². The summed E-state index contributed by atoms with van der Waals surface area (Å²) in [6.45, 7) is 0.525. The van der Waals surface area contributed by atoms with Gasteiger partial charge in [0.25, 0.3) is 5.56 Å². The van der Waals surface area contributed by atoms with Crippen molar-refractivity contribution in [2.24, 2.45) is 0 Å². The number of nitrogens with zero attached hydrogens (tertiary/aromatic N) is 1. The maximum absolute atomic E-state index is 11.2. The molecule has 0 aromatic carbocycles. The predicted octanol–water partition coefficient (Wildman–Crippen LogP) is -0.721. The average molecular weight is 246 g/mol. The highest BCUT2D eigenvalue weighted by atomic mass is 32.2. The van der Waals surface area contributed by atoms with Crippen molar-refractivity contribution < 1.29 is 8.95 Å². The second-order valence-corrected chi connectivity index (χ2v) is 4.80. The van der Waals surface area contributed by atoms with E-state index in [0.717, 1.165) is 0 Å². The number of ether oxygens (including phenoxy) is 1. The van der Waals surface area contributed by atoms with E-state index in [1.165, 1.54) is 16.8 Å². The minimum Gasteiger partial charge on any atom is -0.361 e. The van der Waals surface area contributed by atoms with Crippen molar-refractivity contribution in [3.05, 3.63) is 33.1 Å². The minimum absolute atomic E-state index is 0.0892. The topological polar surface area (TPSA) is 81.2 Å². The molecule has 0 saturated heterocycles. The van der Waals surface area contributed by atoms with Gasteiger partial charge in [0.15, 0.2) is 0 Å². The highest BCUT2D eigenvalue weighted by Crippen LogP contribution is 1.87. The van der Waals surface area contributed by atoms with Crippen molar-refractivity contribution in [2.75, 3.05) is 18.6 Å². The van der Waals surface area contributed by atoms with Crippen LogP contribution in [0.3, 0.4) is 0 Å². The third-order valence-electron chi connectivity index (χ3n) is 1.85. The Hall–Kier alpha value is -1.21. The SMILES string of the molecule is CS(=O)CCCOCn1ccc(=O)[nH]c1=O. The Morgan fingerprint density at radius 1 is 1.50 bits per heavy atom. The molecule has 90 valence electrons. The van der Waals surface area contributed by atoms with Gasteiger partial charge >= 0.3 is 5.69 Å². The van der Waals surface area contributed by atoms with Crippen LogP contribution < -0.4 is 11.2 Å². The van der Waals surface area contributed by atoms with Crippen LogP contribution in [-0.2, 0) is 22.3 Å². The summed E-state index contributed by atoms with van der Waals surface area (Å²) in [5.41, 5.74) is -0.922. The molecule has 0 radical (unpaired) electrons. The van der Waals surface area contributed by atoms with Gasteiger partial charge < -0.3 is 4.74 Å². The first kappa shape index (κ1) is 12.9. The first-order valence-electron chi connectivity index (χ1n) is 4.77. The van der Waals surface area contributed by atoms with Gasteiger partial charge in [0.1, 0.15) is 6.73 Å². The van der Waals surface area contributed by atoms with Crippen LogP contribution in [0.2, 0.25) is 0 Å². The van der Waals surface area contributed by atoms with Crippen LogP contribution >= 0.6 is 0 Å². The maximum atomic E-state index is 11.2. The lowest BCUT2D eigenvalue weighted by molar-refractivity contribution is 0.0746. The molecule has 1 unspecified atom stereocenters. The van der Waals surface area contributed by atoms with Crippen molar-refractivity contribution in [1.29, 1.82) is 0 Å². The molecule has 1 heterocycles. The van der Waals surface area contributed by atoms with Crippen LogP contribution in [0.4, 0.5) is 0 Å². The summed E-state index contributed by atoms with van der Waals surface area (Å²) in [5.74, 6) is 0.584. The van der Waals surface area contributed by atoms with Crippen LogP contribution in [0.5, 0.6) is 0 Å². The van der Waals surface area contributed by atoms with Crippen molar-refractivity contribution >= 4 is 10.8 Å². The number of nitrogens with one attached hydrogen (secondary N) is 1. The Kier molecular flexibility index (Phi) is 5.13. The molecule has 0 bridgehead atoms. The quantitative estimate of drug-likeness (QED) is 0.672. The van der Waals surface area contributed by atoms with Crippen LogP contribution in [-0.4, -0.2) is 32.4 Å². The number of rotatable bonds is 6. The van der Waals surface area contributed by atoms with Gasteiger partial charge in [0.05, 0.1) is 0 Å². The van der Waals surface area contributed by atoms with Crippen LogP contribution in [0.25, 0.3) is 0 Å². The number of H-pyrrole nitrogens is 1. The van der Waals surface area contributed by atoms with Crippen molar-refractivity contribution in [2.45, 2.75) is 13.2 Å². The van der Waals surface area contributed by atoms with E-state index in [-0.39, 0.29) is 6.73 Å². The molecule has 0 spiro atoms. The Balaban J connectivity index is 2.35. The second kappa shape index (κ2) is 6.39. The van der Waals surface area contributed by atoms with Crippen LogP contribution in [0.15, 0.2) is 21.9 Å². The number of aromatic amines is 1. The molecule has 16 heavy (non-hydrogen) atoms. The highest BCUT2D eigenvalue weighted by molar-refractivity contribution is 7.84. The molecule has 0 amide bonds. The molecule has 1 rings (SSSR count). The summed E-state index contributed by atoms with van der Waals surface area (Å²) in [7, 11) is -0.817. The van der Waals surface area contributed by atoms with Gasteiger partial charge in [-0.25, -0.2) is 4.79 Å². The third-order valence-corrected chi connectivity index (χ3v) is 2.71. The van der Waals surface area contributed by atoms with E-state index in [2.05, 4.69) is 4.98 Å².